The minimum Gasteiger partial charge on any atom is -0.480 e. The summed E-state index contributed by atoms with van der Waals surface area (Å²) in [4.78, 5) is 22.7. The highest BCUT2D eigenvalue weighted by molar-refractivity contribution is 7.99. The zero-order valence-corrected chi connectivity index (χ0v) is 10.3. The van der Waals surface area contributed by atoms with Crippen molar-refractivity contribution in [2.45, 2.75) is 25.9 Å². The standard InChI is InChI=1S/C10H18N2O3S/c1-6(2)8(10(14)15)12-9(13)7-5-16-4-3-11-7/h6-8,11H,3-5H2,1-2H3,(H,12,13)(H,14,15). The minimum absolute atomic E-state index is 0.113. The number of hydrogen-bond acceptors (Lipinski definition) is 4. The van der Waals surface area contributed by atoms with Gasteiger partial charge in [-0.3, -0.25) is 4.79 Å². The molecule has 1 fully saturated rings. The van der Waals surface area contributed by atoms with Gasteiger partial charge < -0.3 is 15.7 Å². The van der Waals surface area contributed by atoms with Crippen molar-refractivity contribution < 1.29 is 14.7 Å². The maximum atomic E-state index is 11.8. The zero-order chi connectivity index (χ0) is 12.1. The van der Waals surface area contributed by atoms with E-state index in [9.17, 15) is 9.59 Å². The molecule has 1 amide bonds. The van der Waals surface area contributed by atoms with E-state index in [0.717, 1.165) is 12.3 Å². The first-order valence-electron chi connectivity index (χ1n) is 5.36. The molecule has 0 aromatic heterocycles. The number of carbonyl (C=O) groups excluding carboxylic acids is 1. The maximum Gasteiger partial charge on any atom is 0.326 e. The van der Waals surface area contributed by atoms with E-state index in [2.05, 4.69) is 10.6 Å². The molecule has 6 heteroatoms. The lowest BCUT2D eigenvalue weighted by Crippen LogP contribution is -2.54. The second-order valence-electron chi connectivity index (χ2n) is 4.15. The maximum absolute atomic E-state index is 11.8. The Balaban J connectivity index is 2.50. The number of thioether (sulfide) groups is 1. The van der Waals surface area contributed by atoms with Crippen LogP contribution in [0.2, 0.25) is 0 Å². The van der Waals surface area contributed by atoms with Crippen molar-refractivity contribution in [3.63, 3.8) is 0 Å². The average Bonchev–Trinajstić information content (AvgIpc) is 2.25. The summed E-state index contributed by atoms with van der Waals surface area (Å²) in [5, 5.41) is 14.6. The van der Waals surface area contributed by atoms with Crippen LogP contribution < -0.4 is 10.6 Å². The van der Waals surface area contributed by atoms with Gasteiger partial charge >= 0.3 is 5.97 Å². The molecule has 0 aromatic rings. The Morgan fingerprint density at radius 3 is 2.62 bits per heavy atom. The molecule has 1 aliphatic rings. The van der Waals surface area contributed by atoms with Crippen molar-refractivity contribution in [2.75, 3.05) is 18.1 Å². The highest BCUT2D eigenvalue weighted by Gasteiger charge is 2.28. The number of nitrogens with one attached hydrogen (secondary N) is 2. The van der Waals surface area contributed by atoms with E-state index in [-0.39, 0.29) is 17.9 Å². The third-order valence-corrected chi connectivity index (χ3v) is 3.53. The van der Waals surface area contributed by atoms with Gasteiger partial charge in [-0.25, -0.2) is 4.79 Å². The fourth-order valence-corrected chi connectivity index (χ4v) is 2.44. The third kappa shape index (κ3) is 3.68. The molecule has 1 saturated heterocycles. The lowest BCUT2D eigenvalue weighted by molar-refractivity contribution is -0.143. The van der Waals surface area contributed by atoms with Crippen LogP contribution in [0.5, 0.6) is 0 Å². The minimum atomic E-state index is -0.980. The van der Waals surface area contributed by atoms with Crippen molar-refractivity contribution in [1.82, 2.24) is 10.6 Å². The average molecular weight is 246 g/mol. The van der Waals surface area contributed by atoms with E-state index in [0.29, 0.717) is 5.75 Å². The highest BCUT2D eigenvalue weighted by Crippen LogP contribution is 2.09. The predicted octanol–water partition coefficient (Wildman–Crippen LogP) is -0.0832. The van der Waals surface area contributed by atoms with Crippen LogP contribution in [0.3, 0.4) is 0 Å². The summed E-state index contributed by atoms with van der Waals surface area (Å²) in [5.41, 5.74) is 0. The van der Waals surface area contributed by atoms with Crippen LogP contribution >= 0.6 is 11.8 Å². The third-order valence-electron chi connectivity index (χ3n) is 2.47. The molecule has 5 nitrogen and oxygen atoms in total. The van der Waals surface area contributed by atoms with Crippen LogP contribution in [0, 0.1) is 5.92 Å². The van der Waals surface area contributed by atoms with Gasteiger partial charge in [-0.05, 0) is 5.92 Å². The molecule has 92 valence electrons. The van der Waals surface area contributed by atoms with Crippen molar-refractivity contribution in [3.05, 3.63) is 0 Å². The number of hydrogen-bond donors (Lipinski definition) is 3. The fourth-order valence-electron chi connectivity index (χ4n) is 1.50. The zero-order valence-electron chi connectivity index (χ0n) is 9.53. The van der Waals surface area contributed by atoms with Crippen molar-refractivity contribution in [3.8, 4) is 0 Å². The first-order valence-corrected chi connectivity index (χ1v) is 6.52. The second kappa shape index (κ2) is 6.10. The molecular formula is C10H18N2O3S. The van der Waals surface area contributed by atoms with Crippen LogP contribution in [-0.4, -0.2) is 47.1 Å². The number of carboxylic acid groups (broad SMARTS) is 1. The van der Waals surface area contributed by atoms with Gasteiger partial charge in [-0.2, -0.15) is 11.8 Å². The normalized spacial score (nSPS) is 22.8. The summed E-state index contributed by atoms with van der Waals surface area (Å²) in [6.07, 6.45) is 0. The molecule has 2 atom stereocenters. The van der Waals surface area contributed by atoms with Crippen LogP contribution in [0.4, 0.5) is 0 Å². The van der Waals surface area contributed by atoms with Crippen LogP contribution in [0.1, 0.15) is 13.8 Å². The van der Waals surface area contributed by atoms with E-state index in [1.807, 2.05) is 0 Å². The van der Waals surface area contributed by atoms with Crippen LogP contribution in [0.15, 0.2) is 0 Å². The number of carboxylic acids is 1. The molecule has 2 unspecified atom stereocenters. The van der Waals surface area contributed by atoms with Crippen LogP contribution in [0.25, 0.3) is 0 Å². The lowest BCUT2D eigenvalue weighted by Gasteiger charge is -2.25. The molecule has 1 rings (SSSR count). The monoisotopic (exact) mass is 246 g/mol. The van der Waals surface area contributed by atoms with E-state index in [1.54, 1.807) is 25.6 Å². The Kier molecular flexibility index (Phi) is 5.08. The molecule has 0 aliphatic carbocycles. The Hall–Kier alpha value is -0.750. The molecule has 0 aromatic carbocycles. The SMILES string of the molecule is CC(C)C(NC(=O)C1CSCCN1)C(=O)O. The summed E-state index contributed by atoms with van der Waals surface area (Å²) >= 11 is 1.70. The number of amides is 1. The summed E-state index contributed by atoms with van der Waals surface area (Å²) < 4.78 is 0. The molecule has 1 aliphatic heterocycles. The molecule has 16 heavy (non-hydrogen) atoms. The second-order valence-corrected chi connectivity index (χ2v) is 5.30. The molecule has 1 heterocycles. The number of rotatable bonds is 4. The summed E-state index contributed by atoms with van der Waals surface area (Å²) in [6, 6.07) is -1.07. The Morgan fingerprint density at radius 1 is 1.50 bits per heavy atom. The van der Waals surface area contributed by atoms with Gasteiger partial charge in [0.15, 0.2) is 0 Å². The highest BCUT2D eigenvalue weighted by atomic mass is 32.2. The molecular weight excluding hydrogens is 228 g/mol. The van der Waals surface area contributed by atoms with Crippen molar-refractivity contribution in [2.24, 2.45) is 5.92 Å². The summed E-state index contributed by atoms with van der Waals surface area (Å²) in [5.74, 6) is 0.393. The van der Waals surface area contributed by atoms with Gasteiger partial charge in [0.1, 0.15) is 6.04 Å². The first-order chi connectivity index (χ1) is 7.52. The predicted molar refractivity (Wildman–Crippen MR) is 63.5 cm³/mol. The summed E-state index contributed by atoms with van der Waals surface area (Å²) in [7, 11) is 0. The topological polar surface area (TPSA) is 78.4 Å². The fraction of sp³-hybridized carbons (Fsp3) is 0.800. The van der Waals surface area contributed by atoms with E-state index >= 15 is 0 Å². The van der Waals surface area contributed by atoms with Gasteiger partial charge in [-0.1, -0.05) is 13.8 Å². The molecule has 0 spiro atoms. The number of aliphatic carboxylic acids is 1. The quantitative estimate of drug-likeness (QED) is 0.646. The Labute approximate surface area is 99.4 Å². The van der Waals surface area contributed by atoms with E-state index in [1.165, 1.54) is 0 Å². The van der Waals surface area contributed by atoms with Crippen LogP contribution in [-0.2, 0) is 9.59 Å². The smallest absolute Gasteiger partial charge is 0.326 e. The largest absolute Gasteiger partial charge is 0.480 e. The molecule has 0 saturated carbocycles. The van der Waals surface area contributed by atoms with Gasteiger partial charge in [0.25, 0.3) is 0 Å². The lowest BCUT2D eigenvalue weighted by atomic mass is 10.0. The first kappa shape index (κ1) is 13.3. The van der Waals surface area contributed by atoms with E-state index in [4.69, 9.17) is 5.11 Å². The number of carbonyl (C=O) groups is 2. The molecule has 0 bridgehead atoms. The van der Waals surface area contributed by atoms with Crippen molar-refractivity contribution >= 4 is 23.6 Å². The summed E-state index contributed by atoms with van der Waals surface area (Å²) in [6.45, 7) is 4.35. The molecule has 0 radical (unpaired) electrons. The molecule has 3 N–H and O–H groups in total. The van der Waals surface area contributed by atoms with Gasteiger partial charge in [0.05, 0.1) is 6.04 Å². The van der Waals surface area contributed by atoms with Gasteiger partial charge in [-0.15, -0.1) is 0 Å². The van der Waals surface area contributed by atoms with E-state index < -0.39 is 12.0 Å². The van der Waals surface area contributed by atoms with Gasteiger partial charge in [0.2, 0.25) is 5.91 Å². The van der Waals surface area contributed by atoms with Crippen molar-refractivity contribution in [1.29, 1.82) is 0 Å². The Bertz CT molecular complexity index is 265. The van der Waals surface area contributed by atoms with Gasteiger partial charge in [0, 0.05) is 18.1 Å². The Morgan fingerprint density at radius 2 is 2.19 bits per heavy atom.